The first-order chi connectivity index (χ1) is 16.9. The minimum atomic E-state index is -0.317. The third-order valence-electron chi connectivity index (χ3n) is 5.91. The molecule has 1 fully saturated rings. The molecule has 3 aromatic carbocycles. The van der Waals surface area contributed by atoms with Crippen molar-refractivity contribution in [3.05, 3.63) is 82.7 Å². The number of ether oxygens (including phenoxy) is 1. The Morgan fingerprint density at radius 2 is 1.69 bits per heavy atom. The summed E-state index contributed by atoms with van der Waals surface area (Å²) in [7, 11) is 0. The van der Waals surface area contributed by atoms with E-state index in [0.717, 1.165) is 40.7 Å². The fourth-order valence-corrected chi connectivity index (χ4v) is 4.59. The summed E-state index contributed by atoms with van der Waals surface area (Å²) in [5.41, 5.74) is 4.44. The van der Waals surface area contributed by atoms with E-state index in [1.54, 1.807) is 18.2 Å². The van der Waals surface area contributed by atoms with Crippen molar-refractivity contribution in [1.29, 1.82) is 0 Å². The molecule has 0 spiro atoms. The van der Waals surface area contributed by atoms with Crippen LogP contribution < -0.4 is 5.32 Å². The van der Waals surface area contributed by atoms with E-state index in [2.05, 4.69) is 15.2 Å². The lowest BCUT2D eigenvalue weighted by Gasteiger charge is -2.25. The number of hydrogen-bond acceptors (Lipinski definition) is 4. The first-order valence-corrected chi connectivity index (χ1v) is 12.0. The summed E-state index contributed by atoms with van der Waals surface area (Å²) in [5, 5.41) is 4.79. The van der Waals surface area contributed by atoms with Crippen LogP contribution in [0.3, 0.4) is 0 Å². The molecule has 35 heavy (non-hydrogen) atoms. The van der Waals surface area contributed by atoms with Crippen molar-refractivity contribution in [2.24, 2.45) is 0 Å². The van der Waals surface area contributed by atoms with Gasteiger partial charge in [0.2, 0.25) is 5.91 Å². The smallest absolute Gasteiger partial charge is 0.238 e. The molecule has 0 aliphatic carbocycles. The Morgan fingerprint density at radius 1 is 0.943 bits per heavy atom. The fraction of sp³-hybridized carbons (Fsp3) is 0.185. The lowest BCUT2D eigenvalue weighted by atomic mass is 9.98. The van der Waals surface area contributed by atoms with Crippen molar-refractivity contribution in [3.8, 4) is 22.3 Å². The van der Waals surface area contributed by atoms with Crippen LogP contribution in [0.4, 0.5) is 10.1 Å². The van der Waals surface area contributed by atoms with Crippen LogP contribution in [0.2, 0.25) is 10.2 Å². The molecule has 1 N–H and O–H groups in total. The zero-order valence-electron chi connectivity index (χ0n) is 18.7. The number of morpholine rings is 1. The largest absolute Gasteiger partial charge is 0.379 e. The van der Waals surface area contributed by atoms with Gasteiger partial charge in [0.15, 0.2) is 0 Å². The van der Waals surface area contributed by atoms with Crippen molar-refractivity contribution < 1.29 is 13.9 Å². The number of fused-ring (bicyclic) bond motifs is 1. The van der Waals surface area contributed by atoms with E-state index in [-0.39, 0.29) is 18.3 Å². The monoisotopic (exact) mass is 509 g/mol. The van der Waals surface area contributed by atoms with Gasteiger partial charge in [0.05, 0.1) is 25.3 Å². The molecular weight excluding hydrogens is 488 g/mol. The highest BCUT2D eigenvalue weighted by molar-refractivity contribution is 6.33. The second kappa shape index (κ2) is 10.3. The quantitative estimate of drug-likeness (QED) is 0.321. The van der Waals surface area contributed by atoms with E-state index in [1.807, 2.05) is 36.4 Å². The highest BCUT2D eigenvalue weighted by atomic mass is 35.5. The summed E-state index contributed by atoms with van der Waals surface area (Å²) in [4.78, 5) is 19.4. The van der Waals surface area contributed by atoms with E-state index in [4.69, 9.17) is 27.9 Å². The molecule has 5 rings (SSSR count). The fourth-order valence-electron chi connectivity index (χ4n) is 4.15. The maximum atomic E-state index is 13.5. The molecule has 1 aliphatic heterocycles. The summed E-state index contributed by atoms with van der Waals surface area (Å²) in [5.74, 6) is -0.439. The number of carbonyl (C=O) groups excluding carboxylic acids is 1. The Labute approximate surface area is 212 Å². The van der Waals surface area contributed by atoms with Gasteiger partial charge in [-0.05, 0) is 71.3 Å². The zero-order chi connectivity index (χ0) is 24.4. The van der Waals surface area contributed by atoms with E-state index in [0.29, 0.717) is 34.6 Å². The van der Waals surface area contributed by atoms with Gasteiger partial charge in [-0.3, -0.25) is 9.69 Å². The van der Waals surface area contributed by atoms with Crippen LogP contribution in [0, 0.1) is 5.82 Å². The maximum Gasteiger partial charge on any atom is 0.238 e. The van der Waals surface area contributed by atoms with Crippen LogP contribution in [-0.4, -0.2) is 48.6 Å². The predicted molar refractivity (Wildman–Crippen MR) is 138 cm³/mol. The molecule has 4 aromatic rings. The van der Waals surface area contributed by atoms with Gasteiger partial charge in [-0.1, -0.05) is 35.3 Å². The number of rotatable bonds is 5. The minimum Gasteiger partial charge on any atom is -0.379 e. The molecule has 1 aliphatic rings. The third kappa shape index (κ3) is 5.63. The highest BCUT2D eigenvalue weighted by Gasteiger charge is 2.16. The van der Waals surface area contributed by atoms with Gasteiger partial charge in [-0.2, -0.15) is 0 Å². The minimum absolute atomic E-state index is 0.122. The molecule has 0 atom stereocenters. The zero-order valence-corrected chi connectivity index (χ0v) is 20.2. The number of aromatic nitrogens is 1. The molecule has 5 nitrogen and oxygen atoms in total. The first kappa shape index (κ1) is 23.7. The average Bonchev–Trinajstić information content (AvgIpc) is 2.84. The van der Waals surface area contributed by atoms with Crippen LogP contribution in [0.15, 0.2) is 66.7 Å². The number of halogens is 3. The van der Waals surface area contributed by atoms with Crippen molar-refractivity contribution in [2.45, 2.75) is 0 Å². The van der Waals surface area contributed by atoms with Gasteiger partial charge in [0.25, 0.3) is 0 Å². The molecule has 0 saturated carbocycles. The van der Waals surface area contributed by atoms with Crippen molar-refractivity contribution in [1.82, 2.24) is 9.88 Å². The van der Waals surface area contributed by atoms with Gasteiger partial charge in [-0.25, -0.2) is 9.37 Å². The van der Waals surface area contributed by atoms with Gasteiger partial charge < -0.3 is 10.1 Å². The molecule has 8 heteroatoms. The van der Waals surface area contributed by atoms with Gasteiger partial charge >= 0.3 is 0 Å². The Bertz CT molecular complexity index is 1390. The van der Waals surface area contributed by atoms with Gasteiger partial charge in [0.1, 0.15) is 11.0 Å². The van der Waals surface area contributed by atoms with Crippen molar-refractivity contribution >= 4 is 45.7 Å². The van der Waals surface area contributed by atoms with Crippen LogP contribution in [0.1, 0.15) is 0 Å². The summed E-state index contributed by atoms with van der Waals surface area (Å²) in [6, 6.07) is 19.3. The van der Waals surface area contributed by atoms with Crippen LogP contribution in [0.5, 0.6) is 0 Å². The highest BCUT2D eigenvalue weighted by Crippen LogP contribution is 2.35. The third-order valence-corrected chi connectivity index (χ3v) is 6.43. The van der Waals surface area contributed by atoms with E-state index in [9.17, 15) is 9.18 Å². The number of hydrogen-bond donors (Lipinski definition) is 1. The van der Waals surface area contributed by atoms with Gasteiger partial charge in [-0.15, -0.1) is 0 Å². The van der Waals surface area contributed by atoms with E-state index >= 15 is 0 Å². The van der Waals surface area contributed by atoms with Crippen LogP contribution in [-0.2, 0) is 9.53 Å². The normalized spacial score (nSPS) is 14.3. The molecule has 0 radical (unpaired) electrons. The lowest BCUT2D eigenvalue weighted by Crippen LogP contribution is -2.41. The van der Waals surface area contributed by atoms with Crippen molar-refractivity contribution in [2.75, 3.05) is 38.2 Å². The average molecular weight is 510 g/mol. The lowest BCUT2D eigenvalue weighted by molar-refractivity contribution is -0.118. The van der Waals surface area contributed by atoms with E-state index < -0.39 is 0 Å². The first-order valence-electron chi connectivity index (χ1n) is 11.2. The molecule has 2 heterocycles. The number of carbonyl (C=O) groups is 1. The summed E-state index contributed by atoms with van der Waals surface area (Å²) < 4.78 is 18.9. The Kier molecular flexibility index (Phi) is 6.97. The Hall–Kier alpha value is -3.03. The number of pyridine rings is 1. The number of benzene rings is 3. The topological polar surface area (TPSA) is 54.5 Å². The molecule has 1 aromatic heterocycles. The Morgan fingerprint density at radius 3 is 2.46 bits per heavy atom. The molecule has 0 unspecified atom stereocenters. The second-order valence-electron chi connectivity index (χ2n) is 8.41. The predicted octanol–water partition coefficient (Wildman–Crippen LogP) is 6.29. The van der Waals surface area contributed by atoms with Crippen LogP contribution in [0.25, 0.3) is 33.2 Å². The Balaban J connectivity index is 1.54. The summed E-state index contributed by atoms with van der Waals surface area (Å²) in [6.45, 7) is 2.95. The summed E-state index contributed by atoms with van der Waals surface area (Å²) >= 11 is 12.8. The number of nitrogens with zero attached hydrogens (tertiary/aromatic N) is 2. The summed E-state index contributed by atoms with van der Waals surface area (Å²) in [6.07, 6.45) is 0. The van der Waals surface area contributed by atoms with Crippen LogP contribution >= 0.6 is 23.2 Å². The van der Waals surface area contributed by atoms with Gasteiger partial charge in [0, 0.05) is 34.7 Å². The molecule has 178 valence electrons. The molecule has 1 saturated heterocycles. The number of nitrogens with one attached hydrogen (secondary N) is 1. The second-order valence-corrected chi connectivity index (χ2v) is 9.20. The van der Waals surface area contributed by atoms with Crippen molar-refractivity contribution in [3.63, 3.8) is 0 Å². The molecular formula is C27H22Cl2FN3O2. The SMILES string of the molecule is O=C(CN1CCOCC1)Nc1cc(-c2ccc(F)cc2)cc(-c2cc3cc(Cl)ccc3nc2Cl)c1. The molecule has 1 amide bonds. The molecule has 0 bridgehead atoms. The standard InChI is InChI=1S/C27H22Cl2FN3O2/c28-21-3-6-25-20(12-21)15-24(27(29)32-25)19-11-18(17-1-4-22(30)5-2-17)13-23(14-19)31-26(34)16-33-7-9-35-10-8-33/h1-6,11-15H,7-10,16H2,(H,31,34). The number of anilines is 1. The maximum absolute atomic E-state index is 13.5. The number of amides is 1. The van der Waals surface area contributed by atoms with E-state index in [1.165, 1.54) is 12.1 Å².